The molecule has 1 aliphatic rings. The number of ketones is 1. The van der Waals surface area contributed by atoms with E-state index in [9.17, 15) is 9.59 Å². The Kier molecular flexibility index (Phi) is 3.80. The number of hydrogen-bond donors (Lipinski definition) is 0. The van der Waals surface area contributed by atoms with Crippen LogP contribution < -0.4 is 0 Å². The van der Waals surface area contributed by atoms with Gasteiger partial charge in [0.15, 0.2) is 5.78 Å². The number of carbonyl (C=O) groups is 2. The maximum absolute atomic E-state index is 13.1. The summed E-state index contributed by atoms with van der Waals surface area (Å²) in [6, 6.07) is 13.7. The number of benzene rings is 2. The number of Topliss-reactive ketones (excluding diaryl/α,β-unsaturated/α-hetero) is 1. The van der Waals surface area contributed by atoms with Crippen LogP contribution in [0.4, 0.5) is 0 Å². The van der Waals surface area contributed by atoms with Crippen LogP contribution in [0.15, 0.2) is 42.5 Å². The molecule has 0 spiro atoms. The highest BCUT2D eigenvalue weighted by Gasteiger charge is 2.52. The van der Waals surface area contributed by atoms with Crippen LogP contribution >= 0.6 is 0 Å². The number of esters is 1. The average Bonchev–Trinajstić information content (AvgIpc) is 2.82. The molecule has 0 heterocycles. The Labute approximate surface area is 136 Å². The van der Waals surface area contributed by atoms with E-state index in [4.69, 9.17) is 4.74 Å². The van der Waals surface area contributed by atoms with Crippen LogP contribution in [-0.4, -0.2) is 18.9 Å². The molecule has 0 aliphatic heterocycles. The molecule has 1 atom stereocenters. The van der Waals surface area contributed by atoms with Gasteiger partial charge in [0.2, 0.25) is 0 Å². The van der Waals surface area contributed by atoms with Gasteiger partial charge in [0.25, 0.3) is 0 Å². The molecule has 0 saturated heterocycles. The Bertz CT molecular complexity index is 791. The maximum Gasteiger partial charge on any atom is 0.320 e. The number of rotatable bonds is 3. The smallest absolute Gasteiger partial charge is 0.320 e. The van der Waals surface area contributed by atoms with Gasteiger partial charge in [-0.15, -0.1) is 0 Å². The third-order valence-electron chi connectivity index (χ3n) is 4.77. The topological polar surface area (TPSA) is 43.4 Å². The number of hydrogen-bond acceptors (Lipinski definition) is 3. The van der Waals surface area contributed by atoms with Crippen LogP contribution in [0.3, 0.4) is 0 Å². The first-order chi connectivity index (χ1) is 11.0. The zero-order chi connectivity index (χ0) is 16.6. The zero-order valence-corrected chi connectivity index (χ0v) is 13.7. The van der Waals surface area contributed by atoms with Gasteiger partial charge >= 0.3 is 5.97 Å². The summed E-state index contributed by atoms with van der Waals surface area (Å²) in [6.07, 6.45) is 0.779. The van der Waals surface area contributed by atoms with Gasteiger partial charge in [0.05, 0.1) is 7.11 Å². The largest absolute Gasteiger partial charge is 0.468 e. The van der Waals surface area contributed by atoms with Crippen molar-refractivity contribution in [1.82, 2.24) is 0 Å². The van der Waals surface area contributed by atoms with E-state index in [1.165, 1.54) is 7.11 Å². The monoisotopic (exact) mass is 308 g/mol. The Balaban J connectivity index is 2.09. The van der Waals surface area contributed by atoms with E-state index in [-0.39, 0.29) is 5.78 Å². The molecule has 1 aliphatic carbocycles. The van der Waals surface area contributed by atoms with Crippen LogP contribution in [-0.2, 0) is 22.4 Å². The fraction of sp³-hybridized carbons (Fsp3) is 0.300. The first-order valence-corrected chi connectivity index (χ1v) is 7.75. The van der Waals surface area contributed by atoms with Crippen molar-refractivity contribution in [3.8, 4) is 0 Å². The normalized spacial score (nSPS) is 19.5. The average molecular weight is 308 g/mol. The molecule has 0 unspecified atom stereocenters. The van der Waals surface area contributed by atoms with E-state index >= 15 is 0 Å². The third-order valence-corrected chi connectivity index (χ3v) is 4.77. The van der Waals surface area contributed by atoms with Crippen LogP contribution in [0.1, 0.15) is 32.6 Å². The number of aryl methyl sites for hydroxylation is 2. The fourth-order valence-electron chi connectivity index (χ4n) is 3.43. The molecule has 0 bridgehead atoms. The summed E-state index contributed by atoms with van der Waals surface area (Å²) >= 11 is 0. The standard InChI is InChI=1S/C20H20O3/c1-13-8-9-16-12-20(19(22)23-3,18(21)17(16)10-13)11-15-7-5-4-6-14(15)2/h4-10H,11-12H2,1-3H3/t20-/m0/s1. The Morgan fingerprint density at radius 3 is 2.61 bits per heavy atom. The minimum atomic E-state index is -1.14. The Morgan fingerprint density at radius 1 is 1.17 bits per heavy atom. The van der Waals surface area contributed by atoms with E-state index in [0.29, 0.717) is 18.4 Å². The number of carbonyl (C=O) groups excluding carboxylic acids is 2. The van der Waals surface area contributed by atoms with Crippen molar-refractivity contribution in [2.45, 2.75) is 26.7 Å². The van der Waals surface area contributed by atoms with Crippen LogP contribution in [0.5, 0.6) is 0 Å². The fourth-order valence-corrected chi connectivity index (χ4v) is 3.43. The van der Waals surface area contributed by atoms with E-state index in [0.717, 1.165) is 22.3 Å². The van der Waals surface area contributed by atoms with Gasteiger partial charge in [-0.1, -0.05) is 42.0 Å². The highest BCUT2D eigenvalue weighted by Crippen LogP contribution is 2.41. The van der Waals surface area contributed by atoms with Crippen LogP contribution in [0.25, 0.3) is 0 Å². The van der Waals surface area contributed by atoms with Gasteiger partial charge in [-0.3, -0.25) is 9.59 Å². The molecule has 0 saturated carbocycles. The Morgan fingerprint density at radius 2 is 1.91 bits per heavy atom. The number of methoxy groups -OCH3 is 1. The van der Waals surface area contributed by atoms with Gasteiger partial charge in [0.1, 0.15) is 5.41 Å². The van der Waals surface area contributed by atoms with E-state index < -0.39 is 11.4 Å². The van der Waals surface area contributed by atoms with E-state index in [1.54, 1.807) is 0 Å². The summed E-state index contributed by atoms with van der Waals surface area (Å²) < 4.78 is 5.02. The van der Waals surface area contributed by atoms with Crippen molar-refractivity contribution in [2.24, 2.45) is 5.41 Å². The van der Waals surface area contributed by atoms with Crippen molar-refractivity contribution in [3.05, 3.63) is 70.3 Å². The highest BCUT2D eigenvalue weighted by atomic mass is 16.5. The first-order valence-electron chi connectivity index (χ1n) is 7.75. The lowest BCUT2D eigenvalue weighted by molar-refractivity contribution is -0.149. The minimum absolute atomic E-state index is 0.119. The number of ether oxygens (including phenoxy) is 1. The molecule has 3 rings (SSSR count). The quantitative estimate of drug-likeness (QED) is 0.644. The van der Waals surface area contributed by atoms with E-state index in [1.807, 2.05) is 56.3 Å². The van der Waals surface area contributed by atoms with Gasteiger partial charge in [-0.25, -0.2) is 0 Å². The lowest BCUT2D eigenvalue weighted by atomic mass is 9.77. The third kappa shape index (κ3) is 2.46. The summed E-state index contributed by atoms with van der Waals surface area (Å²) in [5.41, 5.74) is 3.56. The van der Waals surface area contributed by atoms with Crippen molar-refractivity contribution in [1.29, 1.82) is 0 Å². The van der Waals surface area contributed by atoms with E-state index in [2.05, 4.69) is 0 Å². The van der Waals surface area contributed by atoms with Crippen molar-refractivity contribution < 1.29 is 14.3 Å². The lowest BCUT2D eigenvalue weighted by Gasteiger charge is -2.25. The summed E-state index contributed by atoms with van der Waals surface area (Å²) in [4.78, 5) is 25.7. The summed E-state index contributed by atoms with van der Waals surface area (Å²) in [7, 11) is 1.35. The van der Waals surface area contributed by atoms with Crippen LogP contribution in [0.2, 0.25) is 0 Å². The van der Waals surface area contributed by atoms with Gasteiger partial charge in [-0.05, 0) is 49.4 Å². The molecule has 0 fully saturated rings. The lowest BCUT2D eigenvalue weighted by Crippen LogP contribution is -2.40. The van der Waals surface area contributed by atoms with Crippen molar-refractivity contribution in [2.75, 3.05) is 7.11 Å². The Hall–Kier alpha value is -2.42. The molecule has 0 amide bonds. The molecule has 3 nitrogen and oxygen atoms in total. The zero-order valence-electron chi connectivity index (χ0n) is 13.7. The summed E-state index contributed by atoms with van der Waals surface area (Å²) in [6.45, 7) is 3.95. The summed E-state index contributed by atoms with van der Waals surface area (Å²) in [5, 5.41) is 0. The molecule has 0 aromatic heterocycles. The molecule has 0 radical (unpaired) electrons. The van der Waals surface area contributed by atoms with Crippen LogP contribution in [0, 0.1) is 19.3 Å². The van der Waals surface area contributed by atoms with Crippen molar-refractivity contribution in [3.63, 3.8) is 0 Å². The molecule has 23 heavy (non-hydrogen) atoms. The maximum atomic E-state index is 13.1. The SMILES string of the molecule is COC(=O)[C@@]1(Cc2ccccc2C)Cc2ccc(C)cc2C1=O. The molecule has 0 N–H and O–H groups in total. The molecule has 2 aromatic carbocycles. The second-order valence-corrected chi connectivity index (χ2v) is 6.34. The molecular formula is C20H20O3. The minimum Gasteiger partial charge on any atom is -0.468 e. The van der Waals surface area contributed by atoms with Gasteiger partial charge in [-0.2, -0.15) is 0 Å². The second kappa shape index (κ2) is 5.65. The van der Waals surface area contributed by atoms with Crippen molar-refractivity contribution >= 4 is 11.8 Å². The summed E-state index contributed by atoms with van der Waals surface area (Å²) in [5.74, 6) is -0.564. The predicted molar refractivity (Wildman–Crippen MR) is 88.5 cm³/mol. The molecule has 3 heteroatoms. The highest BCUT2D eigenvalue weighted by molar-refractivity contribution is 6.16. The number of fused-ring (bicyclic) bond motifs is 1. The molecule has 2 aromatic rings. The second-order valence-electron chi connectivity index (χ2n) is 6.34. The molecular weight excluding hydrogens is 288 g/mol. The first kappa shape index (κ1) is 15.5. The van der Waals surface area contributed by atoms with Gasteiger partial charge < -0.3 is 4.74 Å². The predicted octanol–water partition coefficient (Wildman–Crippen LogP) is 3.44. The molecule has 118 valence electrons. The van der Waals surface area contributed by atoms with Gasteiger partial charge in [0, 0.05) is 5.56 Å².